The summed E-state index contributed by atoms with van der Waals surface area (Å²) in [7, 11) is 0. The van der Waals surface area contributed by atoms with E-state index in [1.807, 2.05) is 19.0 Å². The van der Waals surface area contributed by atoms with Crippen LogP contribution in [0, 0.1) is 0 Å². The molecular weight excluding hydrogens is 194 g/mol. The Bertz CT molecular complexity index is 284. The Hall–Kier alpha value is -1.31. The maximum Gasteiger partial charge on any atom is 0.285 e. The third kappa shape index (κ3) is 7.35. The second-order valence-electron chi connectivity index (χ2n) is 1.85. The fraction of sp³-hybridized carbons (Fsp3) is 0.273. The Labute approximate surface area is 90.7 Å². The first-order valence-electron chi connectivity index (χ1n) is 4.34. The number of allylic oxidation sites excluding steroid dienone is 3. The summed E-state index contributed by atoms with van der Waals surface area (Å²) in [6.07, 6.45) is 6.51. The summed E-state index contributed by atoms with van der Waals surface area (Å²) < 4.78 is 0. The van der Waals surface area contributed by atoms with Crippen molar-refractivity contribution in [3.63, 3.8) is 0 Å². The van der Waals surface area contributed by atoms with Crippen LogP contribution in [0.1, 0.15) is 20.8 Å². The summed E-state index contributed by atoms with van der Waals surface area (Å²) in [6, 6.07) is 0. The molecule has 0 spiro atoms. The van der Waals surface area contributed by atoms with E-state index in [0.29, 0.717) is 5.57 Å². The summed E-state index contributed by atoms with van der Waals surface area (Å²) in [4.78, 5) is 14.4. The van der Waals surface area contributed by atoms with E-state index in [9.17, 15) is 4.79 Å². The van der Waals surface area contributed by atoms with E-state index in [4.69, 9.17) is 0 Å². The third-order valence-electron chi connectivity index (χ3n) is 1.12. The first-order chi connectivity index (χ1) is 6.76. The highest BCUT2D eigenvalue weighted by molar-refractivity contribution is 7.78. The molecule has 0 saturated heterocycles. The summed E-state index contributed by atoms with van der Waals surface area (Å²) >= 11 is 4.30. The molecule has 14 heavy (non-hydrogen) atoms. The number of rotatable bonds is 3. The number of hydrogen-bond donors (Lipinski definition) is 0. The number of carbonyl (C=O) groups is 1. The molecule has 3 heteroatoms. The molecule has 0 aromatic rings. The van der Waals surface area contributed by atoms with Gasteiger partial charge in [-0.25, -0.2) is 0 Å². The molecule has 0 atom stereocenters. The predicted molar refractivity (Wildman–Crippen MR) is 64.5 cm³/mol. The fourth-order valence-corrected chi connectivity index (χ4v) is 0.652. The molecule has 1 amide bonds. The minimum atomic E-state index is -0.384. The van der Waals surface area contributed by atoms with Crippen LogP contribution in [0.3, 0.4) is 0 Å². The first-order valence-corrected chi connectivity index (χ1v) is 4.74. The Morgan fingerprint density at radius 3 is 2.43 bits per heavy atom. The zero-order valence-electron chi connectivity index (χ0n) is 8.78. The molecule has 0 fully saturated rings. The van der Waals surface area contributed by atoms with E-state index in [2.05, 4.69) is 23.8 Å². The van der Waals surface area contributed by atoms with Crippen molar-refractivity contribution in [2.45, 2.75) is 20.8 Å². The predicted octanol–water partition coefficient (Wildman–Crippen LogP) is 3.33. The van der Waals surface area contributed by atoms with Crippen LogP contribution >= 0.6 is 12.2 Å². The maximum atomic E-state index is 11.0. The van der Waals surface area contributed by atoms with Gasteiger partial charge in [-0.15, -0.1) is 0 Å². The van der Waals surface area contributed by atoms with Crippen LogP contribution in [-0.2, 0) is 4.79 Å². The van der Waals surface area contributed by atoms with Crippen molar-refractivity contribution in [2.75, 3.05) is 0 Å². The third-order valence-corrected chi connectivity index (χ3v) is 1.21. The van der Waals surface area contributed by atoms with E-state index in [-0.39, 0.29) is 5.91 Å². The van der Waals surface area contributed by atoms with Gasteiger partial charge in [0.15, 0.2) is 0 Å². The van der Waals surface area contributed by atoms with Gasteiger partial charge in [0.25, 0.3) is 5.91 Å². The van der Waals surface area contributed by atoms with E-state index >= 15 is 0 Å². The van der Waals surface area contributed by atoms with Gasteiger partial charge in [0.05, 0.1) is 5.16 Å². The van der Waals surface area contributed by atoms with Crippen LogP contribution in [0.5, 0.6) is 0 Å². The van der Waals surface area contributed by atoms with Gasteiger partial charge in [0.1, 0.15) is 0 Å². The van der Waals surface area contributed by atoms with Gasteiger partial charge in [-0.2, -0.15) is 4.99 Å². The number of thiocarbonyl (C=S) groups is 1. The second kappa shape index (κ2) is 11.7. The molecule has 0 rings (SSSR count). The van der Waals surface area contributed by atoms with Gasteiger partial charge in [0, 0.05) is 5.57 Å². The topological polar surface area (TPSA) is 29.4 Å². The highest BCUT2D eigenvalue weighted by Crippen LogP contribution is 1.99. The molecule has 0 saturated carbocycles. The van der Waals surface area contributed by atoms with Crippen LogP contribution in [0.2, 0.25) is 0 Å². The van der Waals surface area contributed by atoms with Gasteiger partial charge < -0.3 is 0 Å². The minimum absolute atomic E-state index is 0.384. The molecule has 0 N–H and O–H groups in total. The van der Waals surface area contributed by atoms with E-state index in [1.54, 1.807) is 31.2 Å². The van der Waals surface area contributed by atoms with Gasteiger partial charge in [0.2, 0.25) is 0 Å². The first kappa shape index (κ1) is 15.2. The Morgan fingerprint density at radius 2 is 2.07 bits per heavy atom. The molecule has 0 aromatic heterocycles. The summed E-state index contributed by atoms with van der Waals surface area (Å²) in [5, 5.41) is 2.02. The molecule has 0 unspecified atom stereocenters. The second-order valence-corrected chi connectivity index (χ2v) is 2.03. The van der Waals surface area contributed by atoms with Gasteiger partial charge >= 0.3 is 0 Å². The SMILES string of the molecule is C=C/C=C\C(=C/C)C(=O)N=C=S.CC. The standard InChI is InChI=1S/C9H9NOS.C2H6/c1-3-5-6-8(4-2)9(11)10-7-12;1-2/h3-6H,1H2,2H3;1-2H3/b6-5-,8-4+;. The fourth-order valence-electron chi connectivity index (χ4n) is 0.569. The molecule has 0 aliphatic rings. The molecule has 0 aromatic carbocycles. The highest BCUT2D eigenvalue weighted by atomic mass is 32.1. The Balaban J connectivity index is 0. The monoisotopic (exact) mass is 209 g/mol. The van der Waals surface area contributed by atoms with Gasteiger partial charge in [-0.05, 0) is 25.2 Å². The van der Waals surface area contributed by atoms with Crippen LogP contribution in [0.25, 0.3) is 0 Å². The van der Waals surface area contributed by atoms with Crippen molar-refractivity contribution >= 4 is 23.3 Å². The molecule has 0 aliphatic carbocycles. The maximum absolute atomic E-state index is 11.0. The molecule has 0 bridgehead atoms. The van der Waals surface area contributed by atoms with Crippen molar-refractivity contribution in [3.8, 4) is 0 Å². The summed E-state index contributed by atoms with van der Waals surface area (Å²) in [5.74, 6) is -0.384. The van der Waals surface area contributed by atoms with Crippen molar-refractivity contribution in [1.29, 1.82) is 0 Å². The zero-order chi connectivity index (χ0) is 11.4. The average Bonchev–Trinajstić information content (AvgIpc) is 2.22. The minimum Gasteiger partial charge on any atom is -0.266 e. The number of isothiocyanates is 1. The molecule has 0 radical (unpaired) electrons. The molecule has 2 nitrogen and oxygen atoms in total. The Morgan fingerprint density at radius 1 is 1.50 bits per heavy atom. The van der Waals surface area contributed by atoms with Crippen LogP contribution in [0.15, 0.2) is 41.4 Å². The lowest BCUT2D eigenvalue weighted by molar-refractivity contribution is -0.114. The van der Waals surface area contributed by atoms with Gasteiger partial charge in [-0.3, -0.25) is 4.79 Å². The van der Waals surface area contributed by atoms with E-state index in [0.717, 1.165) is 0 Å². The lowest BCUT2D eigenvalue weighted by Gasteiger charge is -1.90. The lowest BCUT2D eigenvalue weighted by atomic mass is 10.2. The van der Waals surface area contributed by atoms with Crippen molar-refractivity contribution in [1.82, 2.24) is 0 Å². The van der Waals surface area contributed by atoms with E-state index in [1.165, 1.54) is 0 Å². The quantitative estimate of drug-likeness (QED) is 0.309. The smallest absolute Gasteiger partial charge is 0.266 e. The molecular formula is C11H15NOS. The number of carbonyl (C=O) groups excluding carboxylic acids is 1. The van der Waals surface area contributed by atoms with Crippen LogP contribution in [0.4, 0.5) is 0 Å². The van der Waals surface area contributed by atoms with Gasteiger partial charge in [-0.1, -0.05) is 38.7 Å². The highest BCUT2D eigenvalue weighted by Gasteiger charge is 2.00. The number of amides is 1. The normalized spacial score (nSPS) is 9.79. The zero-order valence-corrected chi connectivity index (χ0v) is 9.60. The molecule has 76 valence electrons. The van der Waals surface area contributed by atoms with Crippen LogP contribution in [-0.4, -0.2) is 11.1 Å². The van der Waals surface area contributed by atoms with Crippen molar-refractivity contribution in [3.05, 3.63) is 36.5 Å². The number of nitrogens with zero attached hydrogens (tertiary/aromatic N) is 1. The van der Waals surface area contributed by atoms with E-state index < -0.39 is 0 Å². The largest absolute Gasteiger partial charge is 0.285 e. The Kier molecular flexibility index (Phi) is 12.7. The molecule has 0 heterocycles. The molecule has 0 aliphatic heterocycles. The average molecular weight is 209 g/mol. The summed E-state index contributed by atoms with van der Waals surface area (Å²) in [6.45, 7) is 9.23. The van der Waals surface area contributed by atoms with Crippen molar-refractivity contribution < 1.29 is 4.79 Å². The lowest BCUT2D eigenvalue weighted by Crippen LogP contribution is -1.94. The number of hydrogen-bond acceptors (Lipinski definition) is 2. The summed E-state index contributed by atoms with van der Waals surface area (Å²) in [5.41, 5.74) is 0.479. The van der Waals surface area contributed by atoms with Crippen molar-refractivity contribution in [2.24, 2.45) is 4.99 Å². The number of aliphatic imine (C=N–C) groups is 1. The van der Waals surface area contributed by atoms with Crippen LogP contribution < -0.4 is 0 Å².